The molecule has 1 aliphatic rings. The molecule has 114 valence electrons. The third-order valence-electron chi connectivity index (χ3n) is 4.00. The maximum atomic E-state index is 11.7. The number of carboxylic acids is 1. The lowest BCUT2D eigenvalue weighted by atomic mass is 10.0. The van der Waals surface area contributed by atoms with Crippen LogP contribution in [-0.2, 0) is 16.1 Å². The molecule has 2 rings (SSSR count). The van der Waals surface area contributed by atoms with Crippen LogP contribution in [0.3, 0.4) is 0 Å². The third-order valence-corrected chi connectivity index (χ3v) is 4.00. The van der Waals surface area contributed by atoms with Gasteiger partial charge in [0.15, 0.2) is 0 Å². The molecule has 0 aliphatic carbocycles. The minimum atomic E-state index is -0.823. The van der Waals surface area contributed by atoms with Crippen LogP contribution in [0.15, 0.2) is 30.3 Å². The molecule has 0 saturated carbocycles. The fraction of sp³-hybridized carbons (Fsp3) is 0.500. The normalized spacial score (nSPS) is 23.0. The van der Waals surface area contributed by atoms with E-state index in [2.05, 4.69) is 4.90 Å². The van der Waals surface area contributed by atoms with Gasteiger partial charge in [0, 0.05) is 38.6 Å². The van der Waals surface area contributed by atoms with E-state index in [0.717, 1.165) is 12.1 Å². The average Bonchev–Trinajstić information content (AvgIpc) is 2.42. The van der Waals surface area contributed by atoms with Crippen molar-refractivity contribution in [2.45, 2.75) is 38.9 Å². The predicted octanol–water partition coefficient (Wildman–Crippen LogP) is 1.58. The van der Waals surface area contributed by atoms with E-state index in [-0.39, 0.29) is 24.4 Å². The molecular weight excluding hydrogens is 268 g/mol. The highest BCUT2D eigenvalue weighted by Crippen LogP contribution is 2.20. The number of hydrogen-bond donors (Lipinski definition) is 1. The number of carboxylic acid groups (broad SMARTS) is 1. The molecule has 5 heteroatoms. The summed E-state index contributed by atoms with van der Waals surface area (Å²) in [5.74, 6) is -0.812. The van der Waals surface area contributed by atoms with E-state index < -0.39 is 5.97 Å². The molecule has 0 unspecified atom stereocenters. The van der Waals surface area contributed by atoms with Crippen LogP contribution in [0.5, 0.6) is 0 Å². The predicted molar refractivity (Wildman–Crippen MR) is 79.7 cm³/mol. The van der Waals surface area contributed by atoms with E-state index in [0.29, 0.717) is 13.1 Å². The van der Waals surface area contributed by atoms with E-state index >= 15 is 0 Å². The fourth-order valence-electron chi connectivity index (χ4n) is 2.96. The van der Waals surface area contributed by atoms with Crippen molar-refractivity contribution in [3.63, 3.8) is 0 Å². The van der Waals surface area contributed by atoms with Gasteiger partial charge in [-0.2, -0.15) is 0 Å². The minimum absolute atomic E-state index is 0.0113. The standard InChI is InChI=1S/C16H22N2O3/c1-12-9-17(10-14-6-4-3-5-7-14)15(8-16(20)21)11-18(12)13(2)19/h3-7,12,15H,8-11H2,1-2H3,(H,20,21)/t12-,15-/m1/s1. The van der Waals surface area contributed by atoms with Gasteiger partial charge < -0.3 is 10.0 Å². The molecule has 0 aromatic heterocycles. The van der Waals surface area contributed by atoms with Crippen molar-refractivity contribution in [1.82, 2.24) is 9.80 Å². The van der Waals surface area contributed by atoms with Crippen molar-refractivity contribution < 1.29 is 14.7 Å². The molecule has 1 fully saturated rings. The van der Waals surface area contributed by atoms with Crippen LogP contribution >= 0.6 is 0 Å². The second kappa shape index (κ2) is 6.72. The lowest BCUT2D eigenvalue weighted by molar-refractivity contribution is -0.143. The van der Waals surface area contributed by atoms with Gasteiger partial charge in [-0.05, 0) is 12.5 Å². The van der Waals surface area contributed by atoms with Crippen LogP contribution in [-0.4, -0.2) is 52.0 Å². The minimum Gasteiger partial charge on any atom is -0.481 e. The van der Waals surface area contributed by atoms with Gasteiger partial charge in [-0.25, -0.2) is 0 Å². The van der Waals surface area contributed by atoms with Crippen molar-refractivity contribution in [3.8, 4) is 0 Å². The van der Waals surface area contributed by atoms with E-state index in [1.807, 2.05) is 37.3 Å². The van der Waals surface area contributed by atoms with Crippen LogP contribution in [0.4, 0.5) is 0 Å². The highest BCUT2D eigenvalue weighted by molar-refractivity contribution is 5.74. The van der Waals surface area contributed by atoms with Gasteiger partial charge in [0.25, 0.3) is 0 Å². The number of benzene rings is 1. The Morgan fingerprint density at radius 2 is 1.90 bits per heavy atom. The zero-order chi connectivity index (χ0) is 15.4. The van der Waals surface area contributed by atoms with Gasteiger partial charge in [0.2, 0.25) is 5.91 Å². The Balaban J connectivity index is 2.13. The molecule has 1 saturated heterocycles. The third kappa shape index (κ3) is 4.04. The van der Waals surface area contributed by atoms with Crippen LogP contribution < -0.4 is 0 Å². The van der Waals surface area contributed by atoms with E-state index in [1.54, 1.807) is 11.8 Å². The lowest BCUT2D eigenvalue weighted by Crippen LogP contribution is -2.58. The topological polar surface area (TPSA) is 60.9 Å². The fourth-order valence-corrected chi connectivity index (χ4v) is 2.96. The molecule has 2 atom stereocenters. The number of carbonyl (C=O) groups is 2. The average molecular weight is 290 g/mol. The van der Waals surface area contributed by atoms with Crippen molar-refractivity contribution in [1.29, 1.82) is 0 Å². The second-order valence-corrected chi connectivity index (χ2v) is 5.69. The number of hydrogen-bond acceptors (Lipinski definition) is 3. The van der Waals surface area contributed by atoms with Gasteiger partial charge in [-0.3, -0.25) is 14.5 Å². The summed E-state index contributed by atoms with van der Waals surface area (Å²) in [6.07, 6.45) is 0.0589. The first kappa shape index (κ1) is 15.5. The highest BCUT2D eigenvalue weighted by atomic mass is 16.4. The summed E-state index contributed by atoms with van der Waals surface area (Å²) >= 11 is 0. The summed E-state index contributed by atoms with van der Waals surface area (Å²) in [4.78, 5) is 26.7. The van der Waals surface area contributed by atoms with Gasteiger partial charge >= 0.3 is 5.97 Å². The van der Waals surface area contributed by atoms with Crippen LogP contribution in [0, 0.1) is 0 Å². The van der Waals surface area contributed by atoms with E-state index in [4.69, 9.17) is 5.11 Å². The van der Waals surface area contributed by atoms with Crippen LogP contribution in [0.25, 0.3) is 0 Å². The molecule has 1 aromatic rings. The maximum absolute atomic E-state index is 11.7. The van der Waals surface area contributed by atoms with Gasteiger partial charge in [-0.1, -0.05) is 30.3 Å². The first-order chi connectivity index (χ1) is 9.97. The molecule has 1 heterocycles. The molecule has 0 spiro atoms. The quantitative estimate of drug-likeness (QED) is 0.914. The Bertz CT molecular complexity index is 504. The molecule has 1 aliphatic heterocycles. The summed E-state index contributed by atoms with van der Waals surface area (Å²) in [7, 11) is 0. The molecule has 0 radical (unpaired) electrons. The summed E-state index contributed by atoms with van der Waals surface area (Å²) in [6, 6.07) is 9.99. The lowest BCUT2D eigenvalue weighted by Gasteiger charge is -2.44. The number of rotatable bonds is 4. The zero-order valence-electron chi connectivity index (χ0n) is 12.5. The monoisotopic (exact) mass is 290 g/mol. The van der Waals surface area contributed by atoms with Crippen molar-refractivity contribution in [2.75, 3.05) is 13.1 Å². The highest BCUT2D eigenvalue weighted by Gasteiger charge is 2.33. The Morgan fingerprint density at radius 3 is 2.48 bits per heavy atom. The molecule has 1 aromatic carbocycles. The van der Waals surface area contributed by atoms with Gasteiger partial charge in [0.1, 0.15) is 0 Å². The van der Waals surface area contributed by atoms with Gasteiger partial charge in [0.05, 0.1) is 6.42 Å². The number of nitrogens with zero attached hydrogens (tertiary/aromatic N) is 2. The van der Waals surface area contributed by atoms with Crippen molar-refractivity contribution in [3.05, 3.63) is 35.9 Å². The SMILES string of the molecule is CC(=O)N1C[C@@H](CC(=O)O)N(Cc2ccccc2)C[C@H]1C. The summed E-state index contributed by atoms with van der Waals surface area (Å²) < 4.78 is 0. The summed E-state index contributed by atoms with van der Waals surface area (Å²) in [5.41, 5.74) is 1.16. The smallest absolute Gasteiger partial charge is 0.305 e. The Hall–Kier alpha value is -1.88. The number of carbonyl (C=O) groups excluding carboxylic acids is 1. The number of aliphatic carboxylic acids is 1. The van der Waals surface area contributed by atoms with Crippen LogP contribution in [0.2, 0.25) is 0 Å². The van der Waals surface area contributed by atoms with Crippen LogP contribution in [0.1, 0.15) is 25.8 Å². The molecule has 1 amide bonds. The molecule has 21 heavy (non-hydrogen) atoms. The molecule has 1 N–H and O–H groups in total. The molecule has 5 nitrogen and oxygen atoms in total. The Morgan fingerprint density at radius 1 is 1.24 bits per heavy atom. The van der Waals surface area contributed by atoms with E-state index in [1.165, 1.54) is 0 Å². The molecular formula is C16H22N2O3. The summed E-state index contributed by atoms with van der Waals surface area (Å²) in [6.45, 7) is 5.45. The van der Waals surface area contributed by atoms with Crippen molar-refractivity contribution in [2.24, 2.45) is 0 Å². The summed E-state index contributed by atoms with van der Waals surface area (Å²) in [5, 5.41) is 9.11. The molecule has 0 bridgehead atoms. The first-order valence-electron chi connectivity index (χ1n) is 7.24. The Labute approximate surface area is 125 Å². The van der Waals surface area contributed by atoms with Gasteiger partial charge in [-0.15, -0.1) is 0 Å². The first-order valence-corrected chi connectivity index (χ1v) is 7.24. The Kier molecular flexibility index (Phi) is 4.96. The number of amides is 1. The largest absolute Gasteiger partial charge is 0.481 e. The second-order valence-electron chi connectivity index (χ2n) is 5.69. The number of piperazine rings is 1. The maximum Gasteiger partial charge on any atom is 0.305 e. The van der Waals surface area contributed by atoms with Crippen molar-refractivity contribution >= 4 is 11.9 Å². The van der Waals surface area contributed by atoms with E-state index in [9.17, 15) is 9.59 Å². The zero-order valence-corrected chi connectivity index (χ0v) is 12.5.